The fourth-order valence-electron chi connectivity index (χ4n) is 1.19. The van der Waals surface area contributed by atoms with Gasteiger partial charge in [-0.25, -0.2) is 0 Å². The van der Waals surface area contributed by atoms with Gasteiger partial charge in [-0.1, -0.05) is 27.5 Å². The zero-order chi connectivity index (χ0) is 11.4. The minimum Gasteiger partial charge on any atom is -0.496 e. The molecule has 0 aromatic heterocycles. The molecule has 0 aliphatic heterocycles. The summed E-state index contributed by atoms with van der Waals surface area (Å²) in [5, 5.41) is 9.32. The molecule has 5 heteroatoms. The number of ether oxygens (including phenoxy) is 1. The van der Waals surface area contributed by atoms with Crippen LogP contribution in [-0.4, -0.2) is 23.0 Å². The number of carboxylic acid groups (broad SMARTS) is 1. The summed E-state index contributed by atoms with van der Waals surface area (Å²) in [7, 11) is 1.54. The molecule has 0 spiro atoms. The van der Waals surface area contributed by atoms with Crippen molar-refractivity contribution in [2.45, 2.75) is 11.2 Å². The van der Waals surface area contributed by atoms with Crippen LogP contribution in [0, 0.1) is 0 Å². The molecule has 0 aliphatic rings. The monoisotopic (exact) mass is 292 g/mol. The van der Waals surface area contributed by atoms with Gasteiger partial charge >= 0.3 is 5.97 Å². The van der Waals surface area contributed by atoms with E-state index >= 15 is 0 Å². The molecule has 0 saturated heterocycles. The number of methoxy groups -OCH3 is 1. The maximum absolute atomic E-state index is 10.7. The second kappa shape index (κ2) is 5.37. The number of halogens is 2. The molecule has 0 aliphatic carbocycles. The molecule has 0 radical (unpaired) electrons. The Kier molecular flexibility index (Phi) is 4.42. The molecule has 0 fully saturated rings. The molecule has 1 N–H and O–H groups in total. The third-order valence-electron chi connectivity index (χ3n) is 1.91. The molecule has 1 aromatic rings. The number of aliphatic carboxylic acids is 1. The van der Waals surface area contributed by atoms with E-state index in [-0.39, 0.29) is 0 Å². The van der Waals surface area contributed by atoms with Crippen LogP contribution in [0.2, 0.25) is 5.02 Å². The first-order valence-electron chi connectivity index (χ1n) is 4.24. The lowest BCUT2D eigenvalue weighted by atomic mass is 10.1. The number of hydrogen-bond donors (Lipinski definition) is 1. The van der Waals surface area contributed by atoms with Crippen LogP contribution in [0.1, 0.15) is 5.56 Å². The van der Waals surface area contributed by atoms with E-state index < -0.39 is 10.8 Å². The number of hydrogen-bond acceptors (Lipinski definition) is 2. The lowest BCUT2D eigenvalue weighted by Crippen LogP contribution is -2.15. The summed E-state index contributed by atoms with van der Waals surface area (Å²) in [6, 6.07) is 5.13. The fraction of sp³-hybridized carbons (Fsp3) is 0.300. The molecule has 1 aromatic carbocycles. The Morgan fingerprint density at radius 1 is 1.67 bits per heavy atom. The van der Waals surface area contributed by atoms with Gasteiger partial charge in [0.05, 0.1) is 7.11 Å². The third kappa shape index (κ3) is 3.39. The summed E-state index contributed by atoms with van der Waals surface area (Å²) in [5.41, 5.74) is 0.772. The molecule has 0 amide bonds. The molecular formula is C10H10BrClO3. The van der Waals surface area contributed by atoms with E-state index in [1.807, 2.05) is 0 Å². The van der Waals surface area contributed by atoms with E-state index in [0.29, 0.717) is 17.2 Å². The molecular weight excluding hydrogens is 283 g/mol. The highest BCUT2D eigenvalue weighted by Gasteiger charge is 2.16. The van der Waals surface area contributed by atoms with Crippen LogP contribution in [0.3, 0.4) is 0 Å². The van der Waals surface area contributed by atoms with Gasteiger partial charge in [0.1, 0.15) is 10.6 Å². The summed E-state index contributed by atoms with van der Waals surface area (Å²) in [4.78, 5) is 10.0. The van der Waals surface area contributed by atoms with Gasteiger partial charge in [0.25, 0.3) is 0 Å². The van der Waals surface area contributed by atoms with E-state index in [1.165, 1.54) is 7.11 Å². The van der Waals surface area contributed by atoms with Gasteiger partial charge in [0.2, 0.25) is 0 Å². The zero-order valence-electron chi connectivity index (χ0n) is 8.04. The average molecular weight is 294 g/mol. The molecule has 0 heterocycles. The normalized spacial score (nSPS) is 12.2. The van der Waals surface area contributed by atoms with Gasteiger partial charge in [0.15, 0.2) is 0 Å². The highest BCUT2D eigenvalue weighted by atomic mass is 79.9. The molecule has 3 nitrogen and oxygen atoms in total. The molecule has 15 heavy (non-hydrogen) atoms. The second-order valence-corrected chi connectivity index (χ2v) is 4.51. The van der Waals surface area contributed by atoms with Gasteiger partial charge in [-0.2, -0.15) is 0 Å². The molecule has 1 atom stereocenters. The van der Waals surface area contributed by atoms with E-state index in [0.717, 1.165) is 5.56 Å². The highest BCUT2D eigenvalue weighted by Crippen LogP contribution is 2.25. The number of rotatable bonds is 4. The smallest absolute Gasteiger partial charge is 0.317 e. The standard InChI is InChI=1S/C10H10BrClO3/c1-15-9-3-2-7(12)4-6(9)5-8(11)10(13)14/h2-4,8H,5H2,1H3,(H,13,14). The molecule has 1 unspecified atom stereocenters. The Labute approximate surface area is 101 Å². The molecule has 1 rings (SSSR count). The molecule has 82 valence electrons. The van der Waals surface area contributed by atoms with E-state index in [2.05, 4.69) is 15.9 Å². The van der Waals surface area contributed by atoms with Crippen molar-refractivity contribution in [2.75, 3.05) is 7.11 Å². The van der Waals surface area contributed by atoms with Crippen LogP contribution in [0.5, 0.6) is 5.75 Å². The number of carboxylic acids is 1. The van der Waals surface area contributed by atoms with Crippen molar-refractivity contribution in [2.24, 2.45) is 0 Å². The lowest BCUT2D eigenvalue weighted by Gasteiger charge is -2.10. The van der Waals surface area contributed by atoms with Crippen molar-refractivity contribution in [1.82, 2.24) is 0 Å². The summed E-state index contributed by atoms with van der Waals surface area (Å²) in [5.74, 6) is -0.262. The third-order valence-corrected chi connectivity index (χ3v) is 2.86. The van der Waals surface area contributed by atoms with Crippen LogP contribution in [0.15, 0.2) is 18.2 Å². The van der Waals surface area contributed by atoms with E-state index in [4.69, 9.17) is 21.4 Å². The Morgan fingerprint density at radius 3 is 2.87 bits per heavy atom. The van der Waals surface area contributed by atoms with Crippen molar-refractivity contribution in [3.8, 4) is 5.75 Å². The largest absolute Gasteiger partial charge is 0.496 e. The Bertz CT molecular complexity index is 368. The first-order chi connectivity index (χ1) is 7.04. The summed E-state index contributed by atoms with van der Waals surface area (Å²) in [6.45, 7) is 0. The van der Waals surface area contributed by atoms with E-state index in [1.54, 1.807) is 18.2 Å². The van der Waals surface area contributed by atoms with E-state index in [9.17, 15) is 4.79 Å². The molecule has 0 saturated carbocycles. The van der Waals surface area contributed by atoms with Crippen LogP contribution >= 0.6 is 27.5 Å². The minimum absolute atomic E-state index is 0.332. The van der Waals surface area contributed by atoms with Crippen molar-refractivity contribution >= 4 is 33.5 Å². The van der Waals surface area contributed by atoms with Crippen LogP contribution in [-0.2, 0) is 11.2 Å². The Balaban J connectivity index is 2.91. The summed E-state index contributed by atoms with van der Waals surface area (Å²) in [6.07, 6.45) is 0.332. The van der Waals surface area contributed by atoms with Gasteiger partial charge in [-0.05, 0) is 30.2 Å². The average Bonchev–Trinajstić information content (AvgIpc) is 2.18. The summed E-state index contributed by atoms with van der Waals surface area (Å²) < 4.78 is 5.11. The number of alkyl halides is 1. The Hall–Kier alpha value is -0.740. The first kappa shape index (κ1) is 12.3. The first-order valence-corrected chi connectivity index (χ1v) is 5.53. The maximum atomic E-state index is 10.7. The van der Waals surface area contributed by atoms with Gasteiger partial charge in [-0.15, -0.1) is 0 Å². The zero-order valence-corrected chi connectivity index (χ0v) is 10.4. The predicted molar refractivity (Wildman–Crippen MR) is 62.1 cm³/mol. The maximum Gasteiger partial charge on any atom is 0.317 e. The van der Waals surface area contributed by atoms with Crippen LogP contribution < -0.4 is 4.74 Å². The summed E-state index contributed by atoms with van der Waals surface area (Å²) >= 11 is 8.89. The lowest BCUT2D eigenvalue weighted by molar-refractivity contribution is -0.136. The quantitative estimate of drug-likeness (QED) is 0.868. The topological polar surface area (TPSA) is 46.5 Å². The number of benzene rings is 1. The van der Waals surface area contributed by atoms with Crippen molar-refractivity contribution < 1.29 is 14.6 Å². The van der Waals surface area contributed by atoms with Gasteiger partial charge < -0.3 is 9.84 Å². The van der Waals surface area contributed by atoms with Crippen LogP contribution in [0.4, 0.5) is 0 Å². The van der Waals surface area contributed by atoms with Crippen molar-refractivity contribution in [3.05, 3.63) is 28.8 Å². The Morgan fingerprint density at radius 2 is 2.33 bits per heavy atom. The second-order valence-electron chi connectivity index (χ2n) is 2.97. The highest BCUT2D eigenvalue weighted by molar-refractivity contribution is 9.10. The minimum atomic E-state index is -0.906. The van der Waals surface area contributed by atoms with Gasteiger partial charge in [0, 0.05) is 5.02 Å². The fourth-order valence-corrected chi connectivity index (χ4v) is 1.73. The molecule has 0 bridgehead atoms. The number of carbonyl (C=O) groups is 1. The van der Waals surface area contributed by atoms with Crippen molar-refractivity contribution in [3.63, 3.8) is 0 Å². The predicted octanol–water partition coefficient (Wildman–Crippen LogP) is 2.74. The SMILES string of the molecule is COc1ccc(Cl)cc1CC(Br)C(=O)O. The van der Waals surface area contributed by atoms with Crippen LogP contribution in [0.25, 0.3) is 0 Å². The van der Waals surface area contributed by atoms with Gasteiger partial charge in [-0.3, -0.25) is 4.79 Å². The van der Waals surface area contributed by atoms with Crippen molar-refractivity contribution in [1.29, 1.82) is 0 Å².